The number of amides is 2. The largest absolute Gasteiger partial charge is 0.396 e. The molecule has 1 saturated carbocycles. The van der Waals surface area contributed by atoms with E-state index in [0.29, 0.717) is 12.8 Å². The smallest absolute Gasteiger partial charge is 0.220 e. The number of carbonyl (C=O) groups is 2. The van der Waals surface area contributed by atoms with E-state index in [4.69, 9.17) is 5.73 Å². The highest BCUT2D eigenvalue weighted by atomic mass is 16.4. The third kappa shape index (κ3) is 7.68. The number of nitrogens with one attached hydrogen (secondary N) is 1. The first-order chi connectivity index (χ1) is 11.9. The molecule has 0 bridgehead atoms. The van der Waals surface area contributed by atoms with Gasteiger partial charge in [0.05, 0.1) is 12.1 Å². The number of primary amides is 1. The van der Waals surface area contributed by atoms with Crippen molar-refractivity contribution in [3.63, 3.8) is 0 Å². The second-order valence-corrected chi connectivity index (χ2v) is 6.91. The molecular weight excluding hydrogens is 328 g/mol. The van der Waals surface area contributed by atoms with E-state index in [2.05, 4.69) is 5.32 Å². The summed E-state index contributed by atoms with van der Waals surface area (Å²) in [4.78, 5) is 22.6. The molecule has 0 radical (unpaired) electrons. The predicted octanol–water partition coefficient (Wildman–Crippen LogP) is -0.828. The van der Waals surface area contributed by atoms with Crippen molar-refractivity contribution < 1.29 is 30.0 Å². The summed E-state index contributed by atoms with van der Waals surface area (Å²) in [5.74, 6) is -1.05. The van der Waals surface area contributed by atoms with Crippen LogP contribution in [0, 0.1) is 5.92 Å². The van der Waals surface area contributed by atoms with Crippen LogP contribution in [0.15, 0.2) is 0 Å². The van der Waals surface area contributed by atoms with Gasteiger partial charge in [0.2, 0.25) is 11.8 Å². The van der Waals surface area contributed by atoms with Crippen LogP contribution in [0.25, 0.3) is 0 Å². The molecule has 7 N–H and O–H groups in total. The van der Waals surface area contributed by atoms with E-state index < -0.39 is 30.3 Å². The molecule has 1 aliphatic rings. The second kappa shape index (κ2) is 11.4. The maximum Gasteiger partial charge on any atom is 0.220 e. The summed E-state index contributed by atoms with van der Waals surface area (Å²) in [7, 11) is 0. The molecular formula is C17H32N2O6. The number of unbranched alkanes of at least 4 members (excludes halogenated alkanes) is 5. The van der Waals surface area contributed by atoms with E-state index in [1.807, 2.05) is 0 Å². The van der Waals surface area contributed by atoms with Gasteiger partial charge in [-0.3, -0.25) is 9.59 Å². The molecule has 1 rings (SSSR count). The van der Waals surface area contributed by atoms with Crippen LogP contribution < -0.4 is 11.1 Å². The van der Waals surface area contributed by atoms with Crippen LogP contribution >= 0.6 is 0 Å². The molecule has 25 heavy (non-hydrogen) atoms. The maximum atomic E-state index is 12.0. The van der Waals surface area contributed by atoms with Gasteiger partial charge in [0.25, 0.3) is 0 Å². The zero-order chi connectivity index (χ0) is 18.8. The molecule has 8 nitrogen and oxygen atoms in total. The van der Waals surface area contributed by atoms with Crippen LogP contribution in [0.2, 0.25) is 0 Å². The molecule has 0 aromatic rings. The third-order valence-corrected chi connectivity index (χ3v) is 4.81. The SMILES string of the molecule is NC(=O)CCCCCCCCC(=O)NC1CC(CO)C(O)C(O)C1O. The van der Waals surface area contributed by atoms with Gasteiger partial charge in [-0.25, -0.2) is 0 Å². The molecule has 5 unspecified atom stereocenters. The lowest BCUT2D eigenvalue weighted by atomic mass is 9.80. The molecule has 0 aromatic carbocycles. The fourth-order valence-electron chi connectivity index (χ4n) is 3.22. The fraction of sp³-hybridized carbons (Fsp3) is 0.882. The Morgan fingerprint density at radius 3 is 2.00 bits per heavy atom. The number of carbonyl (C=O) groups excluding carboxylic acids is 2. The molecule has 0 saturated heterocycles. The maximum absolute atomic E-state index is 12.0. The number of rotatable bonds is 11. The number of aliphatic hydroxyl groups is 4. The summed E-state index contributed by atoms with van der Waals surface area (Å²) in [6, 6.07) is -0.670. The van der Waals surface area contributed by atoms with E-state index in [9.17, 15) is 30.0 Å². The summed E-state index contributed by atoms with van der Waals surface area (Å²) >= 11 is 0. The Morgan fingerprint density at radius 1 is 0.880 bits per heavy atom. The van der Waals surface area contributed by atoms with Gasteiger partial charge in [0.1, 0.15) is 12.2 Å². The molecule has 2 amide bonds. The molecule has 8 heteroatoms. The van der Waals surface area contributed by atoms with Gasteiger partial charge >= 0.3 is 0 Å². The van der Waals surface area contributed by atoms with Crippen molar-refractivity contribution in [2.75, 3.05) is 6.61 Å². The summed E-state index contributed by atoms with van der Waals surface area (Å²) in [6.07, 6.45) is 2.51. The average Bonchev–Trinajstić information content (AvgIpc) is 2.57. The molecule has 0 aliphatic heterocycles. The highest BCUT2D eigenvalue weighted by Gasteiger charge is 2.42. The first-order valence-corrected chi connectivity index (χ1v) is 9.09. The molecule has 1 aliphatic carbocycles. The first kappa shape index (κ1) is 21.8. The summed E-state index contributed by atoms with van der Waals surface area (Å²) in [6.45, 7) is -0.312. The number of aliphatic hydroxyl groups excluding tert-OH is 4. The summed E-state index contributed by atoms with van der Waals surface area (Å²) in [5, 5.41) is 41.4. The lowest BCUT2D eigenvalue weighted by molar-refractivity contribution is -0.140. The van der Waals surface area contributed by atoms with Crippen LogP contribution in [0.4, 0.5) is 0 Å². The van der Waals surface area contributed by atoms with Crippen molar-refractivity contribution in [1.29, 1.82) is 0 Å². The first-order valence-electron chi connectivity index (χ1n) is 9.09. The van der Waals surface area contributed by atoms with E-state index in [1.54, 1.807) is 0 Å². The molecule has 0 aromatic heterocycles. The number of hydrogen-bond acceptors (Lipinski definition) is 6. The molecule has 0 spiro atoms. The average molecular weight is 360 g/mol. The predicted molar refractivity (Wildman–Crippen MR) is 91.3 cm³/mol. The quantitative estimate of drug-likeness (QED) is 0.264. The van der Waals surface area contributed by atoms with Gasteiger partial charge in [0, 0.05) is 25.4 Å². The van der Waals surface area contributed by atoms with Crippen molar-refractivity contribution in [3.8, 4) is 0 Å². The topological polar surface area (TPSA) is 153 Å². The minimum absolute atomic E-state index is 0.210. The highest BCUT2D eigenvalue weighted by Crippen LogP contribution is 2.25. The van der Waals surface area contributed by atoms with E-state index in [1.165, 1.54) is 0 Å². The summed E-state index contributed by atoms with van der Waals surface area (Å²) < 4.78 is 0. The van der Waals surface area contributed by atoms with Crippen molar-refractivity contribution in [3.05, 3.63) is 0 Å². The van der Waals surface area contributed by atoms with Crippen LogP contribution in [0.1, 0.15) is 57.8 Å². The monoisotopic (exact) mass is 360 g/mol. The van der Waals surface area contributed by atoms with E-state index in [-0.39, 0.29) is 24.8 Å². The standard InChI is InChI=1S/C17H32N2O6/c18-13(21)7-5-3-1-2-4-6-8-14(22)19-12-9-11(10-20)15(23)17(25)16(12)24/h11-12,15-17,20,23-25H,1-10H2,(H2,18,21)(H,19,22). The zero-order valence-electron chi connectivity index (χ0n) is 14.6. The van der Waals surface area contributed by atoms with Gasteiger partial charge in [0.15, 0.2) is 0 Å². The normalized spacial score (nSPS) is 29.4. The van der Waals surface area contributed by atoms with E-state index >= 15 is 0 Å². The molecule has 1 fully saturated rings. The Hall–Kier alpha value is -1.22. The molecule has 5 atom stereocenters. The van der Waals surface area contributed by atoms with Gasteiger partial charge in [-0.05, 0) is 19.3 Å². The van der Waals surface area contributed by atoms with Gasteiger partial charge in [-0.1, -0.05) is 25.7 Å². The van der Waals surface area contributed by atoms with Crippen molar-refractivity contribution in [2.45, 2.75) is 82.1 Å². The Labute approximate surface area is 148 Å². The summed E-state index contributed by atoms with van der Waals surface area (Å²) in [5.41, 5.74) is 5.06. The Balaban J connectivity index is 2.18. The van der Waals surface area contributed by atoms with Crippen LogP contribution in [0.3, 0.4) is 0 Å². The van der Waals surface area contributed by atoms with Crippen molar-refractivity contribution in [1.82, 2.24) is 5.32 Å². The van der Waals surface area contributed by atoms with Crippen LogP contribution in [0.5, 0.6) is 0 Å². The fourth-order valence-corrected chi connectivity index (χ4v) is 3.22. The molecule has 146 valence electrons. The Bertz CT molecular complexity index is 418. The number of hydrogen-bond donors (Lipinski definition) is 6. The van der Waals surface area contributed by atoms with Crippen LogP contribution in [-0.2, 0) is 9.59 Å². The minimum atomic E-state index is -1.38. The van der Waals surface area contributed by atoms with Gasteiger partial charge in [-0.2, -0.15) is 0 Å². The Kier molecular flexibility index (Phi) is 9.96. The minimum Gasteiger partial charge on any atom is -0.396 e. The Morgan fingerprint density at radius 2 is 1.44 bits per heavy atom. The van der Waals surface area contributed by atoms with Crippen LogP contribution in [-0.4, -0.2) is 63.2 Å². The lowest BCUT2D eigenvalue weighted by Gasteiger charge is -2.40. The zero-order valence-corrected chi connectivity index (χ0v) is 14.6. The second-order valence-electron chi connectivity index (χ2n) is 6.91. The third-order valence-electron chi connectivity index (χ3n) is 4.81. The highest BCUT2D eigenvalue weighted by molar-refractivity contribution is 5.76. The van der Waals surface area contributed by atoms with E-state index in [0.717, 1.165) is 38.5 Å². The van der Waals surface area contributed by atoms with Crippen molar-refractivity contribution >= 4 is 11.8 Å². The lowest BCUT2D eigenvalue weighted by Crippen LogP contribution is -2.59. The van der Waals surface area contributed by atoms with Gasteiger partial charge in [-0.15, -0.1) is 0 Å². The van der Waals surface area contributed by atoms with Gasteiger partial charge < -0.3 is 31.5 Å². The number of nitrogens with two attached hydrogens (primary N) is 1. The van der Waals surface area contributed by atoms with Crippen molar-refractivity contribution in [2.24, 2.45) is 11.7 Å². The molecule has 0 heterocycles.